The summed E-state index contributed by atoms with van der Waals surface area (Å²) in [6.07, 6.45) is 1.50. The van der Waals surface area contributed by atoms with Gasteiger partial charge in [0.25, 0.3) is 5.69 Å². The highest BCUT2D eigenvalue weighted by Crippen LogP contribution is 2.29. The SMILES string of the molecule is Cc1ccc(C)c(CO/N=C\c2ccc(N3CCOCC3)c([N+](=O)[O-])c2)c1. The van der Waals surface area contributed by atoms with E-state index < -0.39 is 0 Å². The first-order valence-electron chi connectivity index (χ1n) is 8.87. The van der Waals surface area contributed by atoms with Gasteiger partial charge in [0.15, 0.2) is 0 Å². The minimum Gasteiger partial charge on any atom is -0.391 e. The smallest absolute Gasteiger partial charge is 0.293 e. The van der Waals surface area contributed by atoms with Crippen LogP contribution in [0.3, 0.4) is 0 Å². The van der Waals surface area contributed by atoms with Crippen LogP contribution in [0.15, 0.2) is 41.6 Å². The summed E-state index contributed by atoms with van der Waals surface area (Å²) in [5.41, 5.74) is 4.67. The lowest BCUT2D eigenvalue weighted by Gasteiger charge is -2.28. The standard InChI is InChI=1S/C20H23N3O4/c1-15-3-4-16(2)18(11-15)14-27-21-13-17-5-6-19(20(12-17)23(24)25)22-7-9-26-10-8-22/h3-6,11-13H,7-10,14H2,1-2H3/b21-13-. The summed E-state index contributed by atoms with van der Waals surface area (Å²) >= 11 is 0. The molecule has 1 aliphatic heterocycles. The van der Waals surface area contributed by atoms with Crippen LogP contribution in [0.2, 0.25) is 0 Å². The van der Waals surface area contributed by atoms with Gasteiger partial charge in [-0.05, 0) is 31.0 Å². The lowest BCUT2D eigenvalue weighted by molar-refractivity contribution is -0.384. The molecule has 1 aliphatic rings. The summed E-state index contributed by atoms with van der Waals surface area (Å²) in [4.78, 5) is 18.5. The van der Waals surface area contributed by atoms with E-state index in [0.29, 0.717) is 44.2 Å². The second-order valence-electron chi connectivity index (χ2n) is 6.54. The summed E-state index contributed by atoms with van der Waals surface area (Å²) < 4.78 is 5.31. The number of anilines is 1. The van der Waals surface area contributed by atoms with Crippen LogP contribution in [-0.4, -0.2) is 37.4 Å². The zero-order chi connectivity index (χ0) is 19.2. The monoisotopic (exact) mass is 369 g/mol. The quantitative estimate of drug-likeness (QED) is 0.442. The number of rotatable bonds is 6. The molecule has 1 saturated heterocycles. The normalized spacial score (nSPS) is 14.5. The predicted molar refractivity (Wildman–Crippen MR) is 104 cm³/mol. The molecule has 7 nitrogen and oxygen atoms in total. The number of oxime groups is 1. The average Bonchev–Trinajstić information content (AvgIpc) is 2.68. The van der Waals surface area contributed by atoms with Crippen molar-refractivity contribution in [3.8, 4) is 0 Å². The molecule has 2 aromatic rings. The number of hydrogen-bond acceptors (Lipinski definition) is 6. The Labute approximate surface area is 158 Å². The summed E-state index contributed by atoms with van der Waals surface area (Å²) in [6, 6.07) is 11.3. The van der Waals surface area contributed by atoms with Gasteiger partial charge >= 0.3 is 0 Å². The molecule has 0 atom stereocenters. The summed E-state index contributed by atoms with van der Waals surface area (Å²) in [5.74, 6) is 0. The maximum Gasteiger partial charge on any atom is 0.293 e. The molecule has 1 fully saturated rings. The molecular weight excluding hydrogens is 346 g/mol. The number of aryl methyl sites for hydroxylation is 2. The van der Waals surface area contributed by atoms with Gasteiger partial charge in [0.2, 0.25) is 0 Å². The second kappa shape index (κ2) is 8.64. The number of ether oxygens (including phenoxy) is 1. The fraction of sp³-hybridized carbons (Fsp3) is 0.350. The topological polar surface area (TPSA) is 77.2 Å². The zero-order valence-corrected chi connectivity index (χ0v) is 15.6. The molecular formula is C20H23N3O4. The zero-order valence-electron chi connectivity index (χ0n) is 15.6. The Hall–Kier alpha value is -2.93. The largest absolute Gasteiger partial charge is 0.391 e. The van der Waals surface area contributed by atoms with Gasteiger partial charge in [-0.3, -0.25) is 10.1 Å². The highest BCUT2D eigenvalue weighted by atomic mass is 16.6. The fourth-order valence-electron chi connectivity index (χ4n) is 3.00. The van der Waals surface area contributed by atoms with Gasteiger partial charge in [0.05, 0.1) is 24.4 Å². The van der Waals surface area contributed by atoms with Crippen molar-refractivity contribution >= 4 is 17.6 Å². The van der Waals surface area contributed by atoms with E-state index in [2.05, 4.69) is 17.3 Å². The van der Waals surface area contributed by atoms with E-state index in [0.717, 1.165) is 16.7 Å². The van der Waals surface area contributed by atoms with E-state index in [-0.39, 0.29) is 10.6 Å². The Bertz CT molecular complexity index is 845. The van der Waals surface area contributed by atoms with Crippen molar-refractivity contribution < 1.29 is 14.5 Å². The third-order valence-corrected chi connectivity index (χ3v) is 4.55. The van der Waals surface area contributed by atoms with Crippen molar-refractivity contribution in [3.63, 3.8) is 0 Å². The van der Waals surface area contributed by atoms with Crippen LogP contribution in [-0.2, 0) is 16.2 Å². The van der Waals surface area contributed by atoms with Crippen molar-refractivity contribution in [3.05, 3.63) is 68.8 Å². The van der Waals surface area contributed by atoms with Crippen molar-refractivity contribution in [2.75, 3.05) is 31.2 Å². The molecule has 1 heterocycles. The molecule has 0 unspecified atom stereocenters. The van der Waals surface area contributed by atoms with Gasteiger partial charge < -0.3 is 14.5 Å². The van der Waals surface area contributed by atoms with Gasteiger partial charge in [-0.2, -0.15) is 0 Å². The second-order valence-corrected chi connectivity index (χ2v) is 6.54. The number of nitro benzene ring substituents is 1. The third kappa shape index (κ3) is 4.83. The van der Waals surface area contributed by atoms with Crippen LogP contribution < -0.4 is 4.90 Å². The predicted octanol–water partition coefficient (Wildman–Crippen LogP) is 3.60. The van der Waals surface area contributed by atoms with E-state index in [4.69, 9.17) is 9.57 Å². The number of nitro groups is 1. The first-order valence-corrected chi connectivity index (χ1v) is 8.87. The summed E-state index contributed by atoms with van der Waals surface area (Å²) in [7, 11) is 0. The number of nitrogens with zero attached hydrogens (tertiary/aromatic N) is 3. The van der Waals surface area contributed by atoms with Gasteiger partial charge in [-0.25, -0.2) is 0 Å². The molecule has 0 amide bonds. The first kappa shape index (κ1) is 18.8. The van der Waals surface area contributed by atoms with Crippen molar-refractivity contribution in [2.24, 2.45) is 5.16 Å². The van der Waals surface area contributed by atoms with Crippen molar-refractivity contribution in [2.45, 2.75) is 20.5 Å². The molecule has 142 valence electrons. The van der Waals surface area contributed by atoms with E-state index in [1.807, 2.05) is 30.9 Å². The molecule has 0 radical (unpaired) electrons. The molecule has 0 aromatic heterocycles. The Morgan fingerprint density at radius 2 is 2.00 bits per heavy atom. The molecule has 0 aliphatic carbocycles. The molecule has 0 bridgehead atoms. The highest BCUT2D eigenvalue weighted by Gasteiger charge is 2.21. The van der Waals surface area contributed by atoms with Gasteiger partial charge in [-0.15, -0.1) is 0 Å². The minimum atomic E-state index is -0.362. The van der Waals surface area contributed by atoms with Crippen LogP contribution in [0.4, 0.5) is 11.4 Å². The number of hydrogen-bond donors (Lipinski definition) is 0. The van der Waals surface area contributed by atoms with Crippen LogP contribution >= 0.6 is 0 Å². The Morgan fingerprint density at radius 1 is 1.22 bits per heavy atom. The van der Waals surface area contributed by atoms with Crippen LogP contribution in [0.25, 0.3) is 0 Å². The number of morpholine rings is 1. The fourth-order valence-corrected chi connectivity index (χ4v) is 3.00. The minimum absolute atomic E-state index is 0.0652. The van der Waals surface area contributed by atoms with E-state index in [1.54, 1.807) is 6.07 Å². The lowest BCUT2D eigenvalue weighted by Crippen LogP contribution is -2.36. The van der Waals surface area contributed by atoms with Gasteiger partial charge in [0.1, 0.15) is 12.3 Å². The van der Waals surface area contributed by atoms with Crippen LogP contribution in [0.5, 0.6) is 0 Å². The molecule has 2 aromatic carbocycles. The Morgan fingerprint density at radius 3 is 2.74 bits per heavy atom. The van der Waals surface area contributed by atoms with Crippen molar-refractivity contribution in [1.82, 2.24) is 0 Å². The maximum absolute atomic E-state index is 11.5. The highest BCUT2D eigenvalue weighted by molar-refractivity contribution is 5.82. The maximum atomic E-state index is 11.5. The Kier molecular flexibility index (Phi) is 6.03. The molecule has 7 heteroatoms. The molecule has 0 saturated carbocycles. The van der Waals surface area contributed by atoms with Crippen molar-refractivity contribution in [1.29, 1.82) is 0 Å². The lowest BCUT2D eigenvalue weighted by atomic mass is 10.1. The van der Waals surface area contributed by atoms with Crippen LogP contribution in [0, 0.1) is 24.0 Å². The molecule has 3 rings (SSSR count). The first-order chi connectivity index (χ1) is 13.0. The molecule has 0 N–H and O–H groups in total. The van der Waals surface area contributed by atoms with E-state index in [9.17, 15) is 10.1 Å². The third-order valence-electron chi connectivity index (χ3n) is 4.55. The van der Waals surface area contributed by atoms with Gasteiger partial charge in [-0.1, -0.05) is 35.0 Å². The molecule has 0 spiro atoms. The number of benzene rings is 2. The van der Waals surface area contributed by atoms with E-state index >= 15 is 0 Å². The Balaban J connectivity index is 1.69. The molecule has 27 heavy (non-hydrogen) atoms. The van der Waals surface area contributed by atoms with Crippen LogP contribution in [0.1, 0.15) is 22.3 Å². The average molecular weight is 369 g/mol. The summed E-state index contributed by atoms with van der Waals surface area (Å²) in [6.45, 7) is 6.86. The summed E-state index contributed by atoms with van der Waals surface area (Å²) in [5, 5.41) is 15.4. The van der Waals surface area contributed by atoms with Gasteiger partial charge in [0, 0.05) is 24.7 Å². The van der Waals surface area contributed by atoms with E-state index in [1.165, 1.54) is 12.3 Å².